The van der Waals surface area contributed by atoms with Crippen LogP contribution in [-0.4, -0.2) is 38.1 Å². The summed E-state index contributed by atoms with van der Waals surface area (Å²) in [6, 6.07) is 7.91. The zero-order valence-corrected chi connectivity index (χ0v) is 10.2. The van der Waals surface area contributed by atoms with E-state index in [1.165, 1.54) is 11.4 Å². The molecule has 0 amide bonds. The number of esters is 1. The summed E-state index contributed by atoms with van der Waals surface area (Å²) in [6.45, 7) is 0.358. The summed E-state index contributed by atoms with van der Waals surface area (Å²) in [7, 11) is -2.04. The van der Waals surface area contributed by atoms with Crippen molar-refractivity contribution in [1.82, 2.24) is 4.31 Å². The maximum atomic E-state index is 11.7. The number of methoxy groups -OCH3 is 1. The SMILES string of the molecule is COC(=O)C(c1ccccc1)N1CCS1(=O)=O. The van der Waals surface area contributed by atoms with Crippen LogP contribution in [0.4, 0.5) is 0 Å². The first-order valence-electron chi connectivity index (χ1n) is 5.18. The number of hydrogen-bond acceptors (Lipinski definition) is 4. The van der Waals surface area contributed by atoms with Gasteiger partial charge >= 0.3 is 5.97 Å². The molecule has 1 heterocycles. The number of ether oxygens (including phenoxy) is 1. The van der Waals surface area contributed by atoms with E-state index in [-0.39, 0.29) is 5.75 Å². The van der Waals surface area contributed by atoms with E-state index in [9.17, 15) is 13.2 Å². The summed E-state index contributed by atoms with van der Waals surface area (Å²) in [5, 5.41) is 0. The van der Waals surface area contributed by atoms with Crippen molar-refractivity contribution < 1.29 is 17.9 Å². The summed E-state index contributed by atoms with van der Waals surface area (Å²) >= 11 is 0. The number of carbonyl (C=O) groups is 1. The first-order valence-corrected chi connectivity index (χ1v) is 6.79. The van der Waals surface area contributed by atoms with Crippen LogP contribution in [0.5, 0.6) is 0 Å². The summed E-state index contributed by atoms with van der Waals surface area (Å²) < 4.78 is 29.0. The first kappa shape index (κ1) is 12.1. The van der Waals surface area contributed by atoms with E-state index in [0.29, 0.717) is 12.1 Å². The first-order chi connectivity index (χ1) is 8.06. The molecule has 1 unspecified atom stereocenters. The highest BCUT2D eigenvalue weighted by atomic mass is 32.2. The number of hydrogen-bond donors (Lipinski definition) is 0. The number of nitrogens with zero attached hydrogens (tertiary/aromatic N) is 1. The number of rotatable bonds is 3. The molecule has 6 heteroatoms. The number of carbonyl (C=O) groups excluding carboxylic acids is 1. The average molecular weight is 255 g/mol. The normalized spacial score (nSPS) is 20.3. The van der Waals surface area contributed by atoms with Gasteiger partial charge in [-0.05, 0) is 5.56 Å². The minimum atomic E-state index is -3.29. The Kier molecular flexibility index (Phi) is 3.17. The maximum absolute atomic E-state index is 11.7. The molecule has 17 heavy (non-hydrogen) atoms. The van der Waals surface area contributed by atoms with Crippen molar-refractivity contribution in [2.45, 2.75) is 6.04 Å². The van der Waals surface area contributed by atoms with Crippen molar-refractivity contribution in [3.63, 3.8) is 0 Å². The van der Waals surface area contributed by atoms with Crippen molar-refractivity contribution in [3.05, 3.63) is 35.9 Å². The Morgan fingerprint density at radius 2 is 2.00 bits per heavy atom. The second-order valence-corrected chi connectivity index (χ2v) is 5.80. The van der Waals surface area contributed by atoms with Crippen molar-refractivity contribution in [1.29, 1.82) is 0 Å². The Bertz CT molecular complexity index is 512. The van der Waals surface area contributed by atoms with E-state index in [0.717, 1.165) is 0 Å². The monoisotopic (exact) mass is 255 g/mol. The molecule has 1 aliphatic heterocycles. The molecule has 1 fully saturated rings. The highest BCUT2D eigenvalue weighted by Crippen LogP contribution is 2.29. The zero-order chi connectivity index (χ0) is 12.5. The van der Waals surface area contributed by atoms with Crippen LogP contribution in [0.15, 0.2) is 30.3 Å². The summed E-state index contributed by atoms with van der Waals surface area (Å²) in [6.07, 6.45) is 0. The van der Waals surface area contributed by atoms with E-state index < -0.39 is 22.0 Å². The van der Waals surface area contributed by atoms with E-state index in [1.54, 1.807) is 24.3 Å². The molecule has 1 atom stereocenters. The molecule has 0 aliphatic carbocycles. The van der Waals surface area contributed by atoms with E-state index in [1.807, 2.05) is 6.07 Å². The summed E-state index contributed by atoms with van der Waals surface area (Å²) in [5.41, 5.74) is 0.627. The number of benzene rings is 1. The summed E-state index contributed by atoms with van der Waals surface area (Å²) in [4.78, 5) is 11.7. The third-order valence-electron chi connectivity index (χ3n) is 2.75. The third-order valence-corrected chi connectivity index (χ3v) is 4.56. The lowest BCUT2D eigenvalue weighted by Crippen LogP contribution is -2.51. The summed E-state index contributed by atoms with van der Waals surface area (Å²) in [5.74, 6) is -0.465. The molecular formula is C11H13NO4S. The molecule has 0 bridgehead atoms. The van der Waals surface area contributed by atoms with Crippen LogP contribution < -0.4 is 0 Å². The minimum absolute atomic E-state index is 0.0906. The minimum Gasteiger partial charge on any atom is -0.468 e. The Morgan fingerprint density at radius 3 is 2.41 bits per heavy atom. The van der Waals surface area contributed by atoms with Crippen molar-refractivity contribution >= 4 is 16.0 Å². The van der Waals surface area contributed by atoms with Gasteiger partial charge in [0, 0.05) is 6.54 Å². The predicted molar refractivity (Wildman–Crippen MR) is 61.7 cm³/mol. The van der Waals surface area contributed by atoms with Gasteiger partial charge in [0.2, 0.25) is 10.0 Å². The van der Waals surface area contributed by atoms with E-state index in [4.69, 9.17) is 0 Å². The van der Waals surface area contributed by atoms with Crippen LogP contribution in [0.25, 0.3) is 0 Å². The van der Waals surface area contributed by atoms with E-state index in [2.05, 4.69) is 4.74 Å². The van der Waals surface area contributed by atoms with Gasteiger partial charge in [-0.3, -0.25) is 0 Å². The molecule has 2 rings (SSSR count). The van der Waals surface area contributed by atoms with Crippen LogP contribution in [0.3, 0.4) is 0 Å². The highest BCUT2D eigenvalue weighted by molar-refractivity contribution is 7.90. The lowest BCUT2D eigenvalue weighted by atomic mass is 10.1. The second kappa shape index (κ2) is 4.46. The largest absolute Gasteiger partial charge is 0.468 e. The standard InChI is InChI=1S/C11H13NO4S/c1-16-11(13)10(9-5-3-2-4-6-9)12-7-8-17(12,14)15/h2-6,10H,7-8H2,1H3. The zero-order valence-electron chi connectivity index (χ0n) is 9.37. The molecule has 0 aromatic heterocycles. The quantitative estimate of drug-likeness (QED) is 0.740. The van der Waals surface area contributed by atoms with Gasteiger partial charge in [-0.2, -0.15) is 4.31 Å². The van der Waals surface area contributed by atoms with Gasteiger partial charge < -0.3 is 4.74 Å². The Hall–Kier alpha value is -1.40. The molecule has 1 aliphatic rings. The molecule has 0 saturated carbocycles. The van der Waals surface area contributed by atoms with Crippen molar-refractivity contribution in [2.75, 3.05) is 19.4 Å². The van der Waals surface area contributed by atoms with Crippen LogP contribution in [0, 0.1) is 0 Å². The Balaban J connectivity index is 2.36. The van der Waals surface area contributed by atoms with Crippen LogP contribution in [0.1, 0.15) is 11.6 Å². The van der Waals surface area contributed by atoms with Gasteiger partial charge in [-0.1, -0.05) is 30.3 Å². The van der Waals surface area contributed by atoms with Gasteiger partial charge in [0.25, 0.3) is 0 Å². The molecule has 92 valence electrons. The molecule has 0 radical (unpaired) electrons. The topological polar surface area (TPSA) is 63.7 Å². The van der Waals surface area contributed by atoms with Gasteiger partial charge in [-0.25, -0.2) is 13.2 Å². The fourth-order valence-electron chi connectivity index (χ4n) is 1.80. The average Bonchev–Trinajstić information content (AvgIpc) is 2.34. The van der Waals surface area contributed by atoms with Crippen molar-refractivity contribution in [2.24, 2.45) is 0 Å². The fraction of sp³-hybridized carbons (Fsp3) is 0.364. The Morgan fingerprint density at radius 1 is 1.35 bits per heavy atom. The van der Waals surface area contributed by atoms with Gasteiger partial charge in [0.1, 0.15) is 6.04 Å². The third kappa shape index (κ3) is 2.18. The van der Waals surface area contributed by atoms with Crippen LogP contribution in [0.2, 0.25) is 0 Å². The van der Waals surface area contributed by atoms with Crippen molar-refractivity contribution in [3.8, 4) is 0 Å². The van der Waals surface area contributed by atoms with Gasteiger partial charge in [-0.15, -0.1) is 0 Å². The maximum Gasteiger partial charge on any atom is 0.328 e. The molecule has 5 nitrogen and oxygen atoms in total. The van der Waals surface area contributed by atoms with Gasteiger partial charge in [0.15, 0.2) is 0 Å². The number of sulfonamides is 1. The molecule has 0 spiro atoms. The lowest BCUT2D eigenvalue weighted by Gasteiger charge is -2.35. The molecular weight excluding hydrogens is 242 g/mol. The van der Waals surface area contributed by atoms with Crippen LogP contribution in [-0.2, 0) is 19.6 Å². The fourth-order valence-corrected chi connectivity index (χ4v) is 3.02. The Labute approximate surface area is 100 Å². The van der Waals surface area contributed by atoms with Gasteiger partial charge in [0.05, 0.1) is 12.9 Å². The highest BCUT2D eigenvalue weighted by Gasteiger charge is 2.43. The molecule has 1 aromatic rings. The molecule has 0 N–H and O–H groups in total. The lowest BCUT2D eigenvalue weighted by molar-refractivity contribution is -0.145. The predicted octanol–water partition coefficient (Wildman–Crippen LogP) is 0.546. The second-order valence-electron chi connectivity index (χ2n) is 3.76. The molecule has 1 saturated heterocycles. The smallest absolute Gasteiger partial charge is 0.328 e. The van der Waals surface area contributed by atoms with Crippen LogP contribution >= 0.6 is 0 Å². The molecule has 1 aromatic carbocycles. The van der Waals surface area contributed by atoms with E-state index >= 15 is 0 Å².